The number of carbonyl (C=O) groups excluding carboxylic acids is 1. The second kappa shape index (κ2) is 7.07. The van der Waals surface area contributed by atoms with Crippen LogP contribution in [0.4, 0.5) is 0 Å². The Bertz CT molecular complexity index is 628. The average molecular weight is 322 g/mol. The first kappa shape index (κ1) is 16.7. The van der Waals surface area contributed by atoms with Crippen LogP contribution in [0.2, 0.25) is 0 Å². The number of benzene rings is 1. The number of hydrazine groups is 1. The van der Waals surface area contributed by atoms with Crippen LogP contribution >= 0.6 is 0 Å². The highest BCUT2D eigenvalue weighted by Gasteiger charge is 2.26. The standard InChI is InChI=1S/C16H22N2O3S/c1-10(16-11(2)8-15(19)17-18-16)7-12-9-13(22(4)20)5-6-14(12)21-3/h5-7,9,11,16,18H,8H2,1-4H3,(H,17,19)/b10-7+. The molecule has 120 valence electrons. The van der Waals surface area contributed by atoms with Gasteiger partial charge in [0.2, 0.25) is 5.91 Å². The van der Waals surface area contributed by atoms with Gasteiger partial charge in [-0.3, -0.25) is 14.4 Å². The van der Waals surface area contributed by atoms with Crippen molar-refractivity contribution >= 4 is 22.8 Å². The van der Waals surface area contributed by atoms with E-state index in [9.17, 15) is 9.00 Å². The lowest BCUT2D eigenvalue weighted by atomic mass is 9.90. The quantitative estimate of drug-likeness (QED) is 0.888. The molecule has 1 fully saturated rings. The molecule has 2 rings (SSSR count). The number of nitrogens with one attached hydrogen (secondary N) is 2. The van der Waals surface area contributed by atoms with E-state index in [1.807, 2.05) is 38.1 Å². The van der Waals surface area contributed by atoms with Crippen LogP contribution in [0.25, 0.3) is 6.08 Å². The number of amides is 1. The van der Waals surface area contributed by atoms with E-state index in [1.54, 1.807) is 13.4 Å². The van der Waals surface area contributed by atoms with Crippen molar-refractivity contribution in [2.45, 2.75) is 31.2 Å². The van der Waals surface area contributed by atoms with E-state index in [-0.39, 0.29) is 17.9 Å². The SMILES string of the molecule is COc1ccc(S(C)=O)cc1/C=C(\C)C1NNC(=O)CC1C. The van der Waals surface area contributed by atoms with Crippen LogP contribution in [0.3, 0.4) is 0 Å². The summed E-state index contributed by atoms with van der Waals surface area (Å²) in [6.45, 7) is 4.06. The molecule has 3 atom stereocenters. The predicted octanol–water partition coefficient (Wildman–Crippen LogP) is 1.87. The van der Waals surface area contributed by atoms with Crippen molar-refractivity contribution in [1.29, 1.82) is 0 Å². The lowest BCUT2D eigenvalue weighted by molar-refractivity contribution is -0.125. The van der Waals surface area contributed by atoms with Crippen molar-refractivity contribution < 1.29 is 13.7 Å². The first-order valence-electron chi connectivity index (χ1n) is 7.16. The third-order valence-electron chi connectivity index (χ3n) is 3.85. The second-order valence-corrected chi connectivity index (χ2v) is 6.98. The summed E-state index contributed by atoms with van der Waals surface area (Å²) in [4.78, 5) is 12.1. The van der Waals surface area contributed by atoms with Gasteiger partial charge in [0.15, 0.2) is 0 Å². The molecule has 1 aromatic carbocycles. The van der Waals surface area contributed by atoms with Gasteiger partial charge in [-0.05, 0) is 31.0 Å². The van der Waals surface area contributed by atoms with Gasteiger partial charge < -0.3 is 4.74 Å². The van der Waals surface area contributed by atoms with Gasteiger partial charge in [0.25, 0.3) is 0 Å². The Morgan fingerprint density at radius 2 is 2.18 bits per heavy atom. The Kier molecular flexibility index (Phi) is 5.37. The predicted molar refractivity (Wildman–Crippen MR) is 87.8 cm³/mol. The Morgan fingerprint density at radius 3 is 2.77 bits per heavy atom. The van der Waals surface area contributed by atoms with Gasteiger partial charge in [0.05, 0.1) is 13.2 Å². The van der Waals surface area contributed by atoms with E-state index in [4.69, 9.17) is 4.74 Å². The smallest absolute Gasteiger partial charge is 0.234 e. The van der Waals surface area contributed by atoms with Crippen LogP contribution in [-0.4, -0.2) is 29.5 Å². The zero-order valence-electron chi connectivity index (χ0n) is 13.3. The normalized spacial score (nSPS) is 23.8. The number of carbonyl (C=O) groups is 1. The first-order valence-corrected chi connectivity index (χ1v) is 8.72. The maximum atomic E-state index is 11.7. The summed E-state index contributed by atoms with van der Waals surface area (Å²) in [7, 11) is 0.579. The zero-order valence-corrected chi connectivity index (χ0v) is 14.1. The summed E-state index contributed by atoms with van der Waals surface area (Å²) in [6.07, 6.45) is 4.17. The van der Waals surface area contributed by atoms with Gasteiger partial charge in [0.1, 0.15) is 5.75 Å². The summed E-state index contributed by atoms with van der Waals surface area (Å²) in [5, 5.41) is 0. The van der Waals surface area contributed by atoms with E-state index in [1.165, 1.54) is 0 Å². The van der Waals surface area contributed by atoms with Crippen molar-refractivity contribution in [3.05, 3.63) is 29.3 Å². The molecule has 1 amide bonds. The van der Waals surface area contributed by atoms with Gasteiger partial charge in [-0.25, -0.2) is 5.43 Å². The molecule has 1 aliphatic heterocycles. The van der Waals surface area contributed by atoms with Crippen LogP contribution in [0.15, 0.2) is 28.7 Å². The highest BCUT2D eigenvalue weighted by Crippen LogP contribution is 2.26. The minimum atomic E-state index is -1.04. The number of rotatable bonds is 4. The zero-order chi connectivity index (χ0) is 16.3. The lowest BCUT2D eigenvalue weighted by Gasteiger charge is -2.30. The number of hydrogen-bond acceptors (Lipinski definition) is 4. The van der Waals surface area contributed by atoms with Crippen molar-refractivity contribution in [1.82, 2.24) is 10.9 Å². The molecule has 0 aliphatic carbocycles. The Morgan fingerprint density at radius 1 is 1.45 bits per heavy atom. The van der Waals surface area contributed by atoms with Gasteiger partial charge in [-0.1, -0.05) is 18.6 Å². The van der Waals surface area contributed by atoms with Gasteiger partial charge >= 0.3 is 0 Å². The molecular formula is C16H22N2O3S. The van der Waals surface area contributed by atoms with E-state index < -0.39 is 10.8 Å². The Labute approximate surface area is 133 Å². The molecule has 5 nitrogen and oxygen atoms in total. The molecule has 0 aromatic heterocycles. The molecule has 3 unspecified atom stereocenters. The molecule has 2 N–H and O–H groups in total. The van der Waals surface area contributed by atoms with Crippen LogP contribution in [-0.2, 0) is 15.6 Å². The number of methoxy groups -OCH3 is 1. The maximum Gasteiger partial charge on any atom is 0.234 e. The molecular weight excluding hydrogens is 300 g/mol. The maximum absolute atomic E-state index is 11.7. The molecule has 0 saturated carbocycles. The third kappa shape index (κ3) is 3.75. The molecule has 1 saturated heterocycles. The summed E-state index contributed by atoms with van der Waals surface area (Å²) < 4.78 is 17.0. The summed E-state index contributed by atoms with van der Waals surface area (Å²) >= 11 is 0. The van der Waals surface area contributed by atoms with E-state index in [0.29, 0.717) is 6.42 Å². The van der Waals surface area contributed by atoms with Crippen LogP contribution in [0.5, 0.6) is 5.75 Å². The molecule has 0 radical (unpaired) electrons. The first-order chi connectivity index (χ1) is 10.4. The molecule has 1 heterocycles. The Balaban J connectivity index is 2.32. The summed E-state index contributed by atoms with van der Waals surface area (Å²) in [6, 6.07) is 5.58. The van der Waals surface area contributed by atoms with Crippen LogP contribution in [0.1, 0.15) is 25.8 Å². The molecule has 0 bridgehead atoms. The lowest BCUT2D eigenvalue weighted by Crippen LogP contribution is -2.53. The molecule has 22 heavy (non-hydrogen) atoms. The van der Waals surface area contributed by atoms with E-state index >= 15 is 0 Å². The number of hydrogen-bond donors (Lipinski definition) is 2. The highest BCUT2D eigenvalue weighted by molar-refractivity contribution is 7.84. The minimum absolute atomic E-state index is 0.0116. The summed E-state index contributed by atoms with van der Waals surface area (Å²) in [5.41, 5.74) is 7.70. The highest BCUT2D eigenvalue weighted by atomic mass is 32.2. The van der Waals surface area contributed by atoms with Crippen molar-refractivity contribution in [2.24, 2.45) is 5.92 Å². The Hall–Kier alpha value is -1.66. The van der Waals surface area contributed by atoms with Gasteiger partial charge in [-0.15, -0.1) is 0 Å². The topological polar surface area (TPSA) is 67.4 Å². The summed E-state index contributed by atoms with van der Waals surface area (Å²) in [5.74, 6) is 0.957. The van der Waals surface area contributed by atoms with Gasteiger partial charge in [0, 0.05) is 33.9 Å². The number of ether oxygens (including phenoxy) is 1. The minimum Gasteiger partial charge on any atom is -0.496 e. The third-order valence-corrected chi connectivity index (χ3v) is 4.77. The fourth-order valence-corrected chi connectivity index (χ4v) is 3.22. The fraction of sp³-hybridized carbons (Fsp3) is 0.438. The van der Waals surface area contributed by atoms with E-state index in [0.717, 1.165) is 21.8 Å². The van der Waals surface area contributed by atoms with Crippen molar-refractivity contribution in [3.63, 3.8) is 0 Å². The van der Waals surface area contributed by atoms with Crippen LogP contribution in [0, 0.1) is 5.92 Å². The molecule has 6 heteroatoms. The molecule has 1 aromatic rings. The molecule has 1 aliphatic rings. The largest absolute Gasteiger partial charge is 0.496 e. The monoisotopic (exact) mass is 322 g/mol. The van der Waals surface area contributed by atoms with Crippen LogP contribution < -0.4 is 15.6 Å². The van der Waals surface area contributed by atoms with Crippen molar-refractivity contribution in [3.8, 4) is 5.75 Å². The van der Waals surface area contributed by atoms with E-state index in [2.05, 4.69) is 10.9 Å². The second-order valence-electron chi connectivity index (χ2n) is 5.60. The molecule has 0 spiro atoms. The van der Waals surface area contributed by atoms with Gasteiger partial charge in [-0.2, -0.15) is 0 Å². The average Bonchev–Trinajstić information content (AvgIpc) is 2.46. The fourth-order valence-electron chi connectivity index (χ4n) is 2.66. The van der Waals surface area contributed by atoms with Crippen molar-refractivity contribution in [2.75, 3.05) is 13.4 Å².